The van der Waals surface area contributed by atoms with Crippen molar-refractivity contribution in [3.8, 4) is 6.07 Å². The van der Waals surface area contributed by atoms with Crippen LogP contribution in [0.2, 0.25) is 0 Å². The molecule has 0 aliphatic heterocycles. The highest BCUT2D eigenvalue weighted by atomic mass is 15.1. The lowest BCUT2D eigenvalue weighted by molar-refractivity contribution is -0.702. The number of nitrogens with one attached hydrogen (secondary N) is 1. The van der Waals surface area contributed by atoms with Gasteiger partial charge in [0.1, 0.15) is 18.8 Å². The number of aryl methyl sites for hydroxylation is 1. The summed E-state index contributed by atoms with van der Waals surface area (Å²) in [6, 6.07) is 2.12. The Bertz CT molecular complexity index is 257. The van der Waals surface area contributed by atoms with Crippen molar-refractivity contribution in [3.63, 3.8) is 0 Å². The third-order valence-corrected chi connectivity index (χ3v) is 1.56. The first kappa shape index (κ1) is 7.80. The summed E-state index contributed by atoms with van der Waals surface area (Å²) < 4.78 is 2.07. The molecule has 11 heavy (non-hydrogen) atoms. The van der Waals surface area contributed by atoms with Crippen LogP contribution in [0.3, 0.4) is 0 Å². The molecule has 0 radical (unpaired) electrons. The number of aromatic amines is 1. The molecule has 0 fully saturated rings. The number of hydrogen-bond donors (Lipinski definition) is 1. The van der Waals surface area contributed by atoms with Gasteiger partial charge in [0.05, 0.1) is 12.6 Å². The molecule has 0 bridgehead atoms. The summed E-state index contributed by atoms with van der Waals surface area (Å²) >= 11 is 0. The molecule has 0 aromatic carbocycles. The van der Waals surface area contributed by atoms with E-state index < -0.39 is 0 Å². The van der Waals surface area contributed by atoms with Crippen LogP contribution in [0.25, 0.3) is 0 Å². The van der Waals surface area contributed by atoms with Crippen LogP contribution >= 0.6 is 0 Å². The number of hydrogen-bond acceptors (Lipinski definition) is 1. The molecule has 0 amide bonds. The van der Waals surface area contributed by atoms with Crippen LogP contribution in [-0.2, 0) is 13.0 Å². The highest BCUT2D eigenvalue weighted by Gasteiger charge is 2.07. The second-order valence-electron chi connectivity index (χ2n) is 2.44. The number of aromatic nitrogens is 2. The van der Waals surface area contributed by atoms with E-state index in [9.17, 15) is 0 Å². The second-order valence-corrected chi connectivity index (χ2v) is 2.44. The molecular formula is C8H12N3+. The minimum absolute atomic E-state index is 0.465. The first-order chi connectivity index (χ1) is 5.38. The van der Waals surface area contributed by atoms with Crippen molar-refractivity contribution < 1.29 is 4.57 Å². The fourth-order valence-electron chi connectivity index (χ4n) is 1.07. The molecular weight excluding hydrogens is 138 g/mol. The molecule has 0 atom stereocenters. The lowest BCUT2D eigenvalue weighted by atomic mass is 10.4. The van der Waals surface area contributed by atoms with Gasteiger partial charge in [-0.3, -0.25) is 0 Å². The number of imidazole rings is 1. The zero-order chi connectivity index (χ0) is 8.10. The second kappa shape index (κ2) is 3.77. The Balaban J connectivity index is 2.71. The van der Waals surface area contributed by atoms with Gasteiger partial charge in [0, 0.05) is 0 Å². The van der Waals surface area contributed by atoms with E-state index in [1.807, 2.05) is 12.4 Å². The van der Waals surface area contributed by atoms with Crippen molar-refractivity contribution in [2.75, 3.05) is 0 Å². The molecule has 58 valence electrons. The molecule has 1 aromatic heterocycles. The highest BCUT2D eigenvalue weighted by Crippen LogP contribution is 1.87. The molecule has 0 aliphatic carbocycles. The first-order valence-corrected chi connectivity index (χ1v) is 3.81. The van der Waals surface area contributed by atoms with Gasteiger partial charge in [0.2, 0.25) is 0 Å². The van der Waals surface area contributed by atoms with Crippen molar-refractivity contribution in [2.45, 2.75) is 26.3 Å². The summed E-state index contributed by atoms with van der Waals surface area (Å²) in [4.78, 5) is 3.03. The van der Waals surface area contributed by atoms with Crippen LogP contribution < -0.4 is 4.57 Å². The number of H-pyrrole nitrogens is 1. The van der Waals surface area contributed by atoms with Crippen molar-refractivity contribution >= 4 is 0 Å². The third kappa shape index (κ3) is 1.81. The molecule has 3 heteroatoms. The summed E-state index contributed by atoms with van der Waals surface area (Å²) in [7, 11) is 0. The van der Waals surface area contributed by atoms with Crippen LogP contribution in [0, 0.1) is 11.3 Å². The Morgan fingerprint density at radius 3 is 3.18 bits per heavy atom. The summed E-state index contributed by atoms with van der Waals surface area (Å²) in [5, 5.41) is 8.45. The van der Waals surface area contributed by atoms with Gasteiger partial charge in [-0.2, -0.15) is 5.26 Å². The summed E-state index contributed by atoms with van der Waals surface area (Å²) in [5.41, 5.74) is 0. The minimum Gasteiger partial charge on any atom is -0.247 e. The average molecular weight is 150 g/mol. The molecule has 1 heterocycles. The third-order valence-electron chi connectivity index (χ3n) is 1.56. The Labute approximate surface area is 66.3 Å². The minimum atomic E-state index is 0.465. The largest absolute Gasteiger partial charge is 0.268 e. The summed E-state index contributed by atoms with van der Waals surface area (Å²) in [6.07, 6.45) is 5.40. The molecule has 1 N–H and O–H groups in total. The SMILES string of the molecule is CCC[n+]1cc[nH]c1CC#N. The van der Waals surface area contributed by atoms with Crippen molar-refractivity contribution in [2.24, 2.45) is 0 Å². The van der Waals surface area contributed by atoms with E-state index in [0.29, 0.717) is 6.42 Å². The molecule has 0 saturated heterocycles. The van der Waals surface area contributed by atoms with Gasteiger partial charge in [-0.25, -0.2) is 9.55 Å². The Hall–Kier alpha value is -1.30. The van der Waals surface area contributed by atoms with Gasteiger partial charge in [-0.1, -0.05) is 6.92 Å². The lowest BCUT2D eigenvalue weighted by Gasteiger charge is -1.92. The maximum Gasteiger partial charge on any atom is 0.268 e. The Kier molecular flexibility index (Phi) is 2.67. The zero-order valence-electron chi connectivity index (χ0n) is 6.67. The van der Waals surface area contributed by atoms with Crippen molar-refractivity contribution in [1.29, 1.82) is 5.26 Å². The van der Waals surface area contributed by atoms with Crippen molar-refractivity contribution in [3.05, 3.63) is 18.2 Å². The quantitative estimate of drug-likeness (QED) is 0.636. The smallest absolute Gasteiger partial charge is 0.247 e. The number of rotatable bonds is 3. The van der Waals surface area contributed by atoms with Crippen LogP contribution in [0.4, 0.5) is 0 Å². The van der Waals surface area contributed by atoms with Crippen LogP contribution in [0.5, 0.6) is 0 Å². The van der Waals surface area contributed by atoms with Crippen LogP contribution in [-0.4, -0.2) is 4.98 Å². The predicted molar refractivity (Wildman–Crippen MR) is 40.6 cm³/mol. The highest BCUT2D eigenvalue weighted by molar-refractivity contribution is 4.88. The summed E-state index contributed by atoms with van der Waals surface area (Å²) in [6.45, 7) is 3.11. The lowest BCUT2D eigenvalue weighted by Crippen LogP contribution is -2.35. The number of nitriles is 1. The normalized spacial score (nSPS) is 9.45. The molecule has 1 rings (SSSR count). The van der Waals surface area contributed by atoms with Gasteiger partial charge in [-0.05, 0) is 6.42 Å². The van der Waals surface area contributed by atoms with E-state index in [2.05, 4.69) is 22.5 Å². The van der Waals surface area contributed by atoms with E-state index in [1.165, 1.54) is 0 Å². The molecule has 0 unspecified atom stereocenters. The van der Waals surface area contributed by atoms with E-state index >= 15 is 0 Å². The monoisotopic (exact) mass is 150 g/mol. The van der Waals surface area contributed by atoms with Crippen LogP contribution in [0.15, 0.2) is 12.4 Å². The maximum absolute atomic E-state index is 8.45. The van der Waals surface area contributed by atoms with Gasteiger partial charge in [0.15, 0.2) is 0 Å². The molecule has 0 spiro atoms. The standard InChI is InChI=1S/C8H11N3/c1-2-6-11-7-5-10-8(11)3-4-9/h5,7H,2-3,6H2,1H3/p+1. The fourth-order valence-corrected chi connectivity index (χ4v) is 1.07. The predicted octanol–water partition coefficient (Wildman–Crippen LogP) is 0.778. The first-order valence-electron chi connectivity index (χ1n) is 3.81. The Morgan fingerprint density at radius 2 is 2.55 bits per heavy atom. The molecule has 1 aromatic rings. The fraction of sp³-hybridized carbons (Fsp3) is 0.500. The van der Waals surface area contributed by atoms with Gasteiger partial charge >= 0.3 is 0 Å². The Morgan fingerprint density at radius 1 is 1.73 bits per heavy atom. The summed E-state index contributed by atoms with van der Waals surface area (Å²) in [5.74, 6) is 0.995. The van der Waals surface area contributed by atoms with Crippen LogP contribution in [0.1, 0.15) is 19.2 Å². The van der Waals surface area contributed by atoms with E-state index in [1.54, 1.807) is 0 Å². The van der Waals surface area contributed by atoms with E-state index in [0.717, 1.165) is 18.8 Å². The maximum atomic E-state index is 8.45. The zero-order valence-corrected chi connectivity index (χ0v) is 6.67. The average Bonchev–Trinajstić information content (AvgIpc) is 2.39. The molecule has 0 aliphatic rings. The van der Waals surface area contributed by atoms with Gasteiger partial charge < -0.3 is 0 Å². The van der Waals surface area contributed by atoms with Gasteiger partial charge in [0.25, 0.3) is 5.82 Å². The van der Waals surface area contributed by atoms with Crippen molar-refractivity contribution in [1.82, 2.24) is 4.98 Å². The molecule has 0 saturated carbocycles. The topological polar surface area (TPSA) is 43.5 Å². The molecule has 3 nitrogen and oxygen atoms in total. The van der Waals surface area contributed by atoms with E-state index in [-0.39, 0.29) is 0 Å². The van der Waals surface area contributed by atoms with E-state index in [4.69, 9.17) is 5.26 Å². The number of nitrogens with zero attached hydrogens (tertiary/aromatic N) is 2. The van der Waals surface area contributed by atoms with Gasteiger partial charge in [-0.15, -0.1) is 0 Å².